The number of hydrogen-bond acceptors (Lipinski definition) is 4. The Morgan fingerprint density at radius 3 is 2.66 bits per heavy atom. The van der Waals surface area contributed by atoms with Gasteiger partial charge in [-0.05, 0) is 61.7 Å². The van der Waals surface area contributed by atoms with Crippen molar-refractivity contribution in [3.63, 3.8) is 0 Å². The number of rotatable bonds is 4. The Balaban J connectivity index is 1.55. The Kier molecular flexibility index (Phi) is 5.99. The summed E-state index contributed by atoms with van der Waals surface area (Å²) >= 11 is 0. The monoisotopic (exact) mass is 431 g/mol. The number of carbonyl (C=O) groups excluding carboxylic acids is 2. The van der Waals surface area contributed by atoms with E-state index in [0.717, 1.165) is 28.1 Å². The maximum atomic E-state index is 14.6. The highest BCUT2D eigenvalue weighted by Gasteiger charge is 2.34. The molecule has 0 saturated carbocycles. The SMILES string of the molecule is Cc1[c]nnc(Cc2ccc(F)c(C(=O)N3CC(=O)N(c4ccccc4)[C@H](C)C3)c2)c1C. The van der Waals surface area contributed by atoms with E-state index in [1.165, 1.54) is 11.0 Å². The van der Waals surface area contributed by atoms with Crippen LogP contribution in [-0.4, -0.2) is 46.0 Å². The molecule has 2 amide bonds. The van der Waals surface area contributed by atoms with Gasteiger partial charge >= 0.3 is 0 Å². The summed E-state index contributed by atoms with van der Waals surface area (Å²) in [4.78, 5) is 29.1. The second-order valence-corrected chi connectivity index (χ2v) is 8.13. The van der Waals surface area contributed by atoms with Crippen molar-refractivity contribution in [2.24, 2.45) is 0 Å². The minimum absolute atomic E-state index is 0.0412. The highest BCUT2D eigenvalue weighted by Crippen LogP contribution is 2.23. The van der Waals surface area contributed by atoms with Crippen LogP contribution in [0.4, 0.5) is 10.1 Å². The molecule has 7 heteroatoms. The zero-order valence-electron chi connectivity index (χ0n) is 18.3. The lowest BCUT2D eigenvalue weighted by molar-refractivity contribution is -0.121. The van der Waals surface area contributed by atoms with E-state index in [1.54, 1.807) is 17.0 Å². The molecule has 1 aliphatic rings. The standard InChI is InChI=1S/C25H24FN4O2/c1-16-13-27-28-23(18(16)3)12-19-9-10-22(26)21(11-19)25(32)29-14-17(2)30(24(31)15-29)20-7-5-4-6-8-20/h4-11,17H,12,14-15H2,1-3H3/t17-/m1/s1. The number of para-hydroxylation sites is 1. The molecule has 0 aliphatic carbocycles. The third kappa shape index (κ3) is 4.23. The van der Waals surface area contributed by atoms with Crippen molar-refractivity contribution in [1.82, 2.24) is 15.1 Å². The van der Waals surface area contributed by atoms with Crippen LogP contribution in [0, 0.1) is 25.9 Å². The molecule has 32 heavy (non-hydrogen) atoms. The van der Waals surface area contributed by atoms with Gasteiger partial charge in [-0.25, -0.2) is 4.39 Å². The fourth-order valence-electron chi connectivity index (χ4n) is 4.01. The van der Waals surface area contributed by atoms with Gasteiger partial charge in [-0.1, -0.05) is 24.3 Å². The largest absolute Gasteiger partial charge is 0.327 e. The van der Waals surface area contributed by atoms with Gasteiger partial charge in [0.2, 0.25) is 5.91 Å². The molecule has 0 N–H and O–H groups in total. The van der Waals surface area contributed by atoms with Gasteiger partial charge in [-0.2, -0.15) is 5.10 Å². The van der Waals surface area contributed by atoms with Gasteiger partial charge in [0.15, 0.2) is 0 Å². The minimum atomic E-state index is -0.607. The lowest BCUT2D eigenvalue weighted by Crippen LogP contribution is -2.57. The van der Waals surface area contributed by atoms with E-state index in [4.69, 9.17) is 0 Å². The van der Waals surface area contributed by atoms with Gasteiger partial charge in [0.1, 0.15) is 18.6 Å². The minimum Gasteiger partial charge on any atom is -0.327 e. The third-order valence-electron chi connectivity index (χ3n) is 5.86. The molecule has 1 atom stereocenters. The molecule has 4 rings (SSSR count). The number of amides is 2. The summed E-state index contributed by atoms with van der Waals surface area (Å²) in [6.45, 7) is 5.94. The summed E-state index contributed by atoms with van der Waals surface area (Å²) < 4.78 is 14.6. The zero-order valence-corrected chi connectivity index (χ0v) is 18.3. The number of hydrogen-bond donors (Lipinski definition) is 0. The topological polar surface area (TPSA) is 66.4 Å². The molecule has 2 aromatic carbocycles. The summed E-state index contributed by atoms with van der Waals surface area (Å²) in [7, 11) is 0. The van der Waals surface area contributed by atoms with Crippen LogP contribution in [0.3, 0.4) is 0 Å². The van der Waals surface area contributed by atoms with E-state index in [0.29, 0.717) is 13.0 Å². The van der Waals surface area contributed by atoms with E-state index in [2.05, 4.69) is 16.4 Å². The van der Waals surface area contributed by atoms with Crippen LogP contribution < -0.4 is 4.90 Å². The zero-order chi connectivity index (χ0) is 22.8. The van der Waals surface area contributed by atoms with Crippen molar-refractivity contribution in [1.29, 1.82) is 0 Å². The summed E-state index contributed by atoms with van der Waals surface area (Å²) in [6.07, 6.45) is 3.24. The molecule has 2 heterocycles. The molecule has 1 radical (unpaired) electrons. The van der Waals surface area contributed by atoms with E-state index >= 15 is 0 Å². The van der Waals surface area contributed by atoms with Crippen molar-refractivity contribution in [3.05, 3.63) is 88.5 Å². The number of aromatic nitrogens is 2. The van der Waals surface area contributed by atoms with E-state index in [9.17, 15) is 14.0 Å². The molecule has 3 aromatic rings. The Hall–Kier alpha value is -3.61. The Bertz CT molecular complexity index is 1170. The first-order valence-electron chi connectivity index (χ1n) is 10.5. The van der Waals surface area contributed by atoms with Gasteiger partial charge in [-0.15, -0.1) is 5.10 Å². The molecular weight excluding hydrogens is 407 g/mol. The molecule has 1 saturated heterocycles. The summed E-state index contributed by atoms with van der Waals surface area (Å²) in [5, 5.41) is 8.01. The predicted octanol–water partition coefficient (Wildman–Crippen LogP) is 3.50. The summed E-state index contributed by atoms with van der Waals surface area (Å²) in [5.41, 5.74) is 4.12. The molecule has 0 bridgehead atoms. The normalized spacial score (nSPS) is 16.4. The van der Waals surface area contributed by atoms with Crippen LogP contribution in [0.5, 0.6) is 0 Å². The highest BCUT2D eigenvalue weighted by atomic mass is 19.1. The van der Waals surface area contributed by atoms with Gasteiger partial charge < -0.3 is 9.80 Å². The van der Waals surface area contributed by atoms with E-state index in [1.807, 2.05) is 51.1 Å². The maximum absolute atomic E-state index is 14.6. The first-order valence-corrected chi connectivity index (χ1v) is 10.5. The fraction of sp³-hybridized carbons (Fsp3) is 0.280. The number of carbonyl (C=O) groups is 2. The molecule has 163 valence electrons. The number of halogens is 1. The average molecular weight is 431 g/mol. The predicted molar refractivity (Wildman–Crippen MR) is 119 cm³/mol. The van der Waals surface area contributed by atoms with Gasteiger partial charge in [-0.3, -0.25) is 9.59 Å². The molecule has 1 fully saturated rings. The van der Waals surface area contributed by atoms with Crippen molar-refractivity contribution in [2.75, 3.05) is 18.0 Å². The molecule has 6 nitrogen and oxygen atoms in total. The fourth-order valence-corrected chi connectivity index (χ4v) is 4.01. The third-order valence-corrected chi connectivity index (χ3v) is 5.86. The first kappa shape index (κ1) is 21.6. The van der Waals surface area contributed by atoms with Crippen LogP contribution in [-0.2, 0) is 11.2 Å². The first-order chi connectivity index (χ1) is 15.3. The van der Waals surface area contributed by atoms with Crippen LogP contribution in [0.25, 0.3) is 0 Å². The molecular formula is C25H24FN4O2. The second kappa shape index (κ2) is 8.86. The van der Waals surface area contributed by atoms with Crippen LogP contribution in [0.2, 0.25) is 0 Å². The number of nitrogens with zero attached hydrogens (tertiary/aromatic N) is 4. The summed E-state index contributed by atoms with van der Waals surface area (Å²) in [5.74, 6) is -1.29. The Labute approximate surface area is 186 Å². The molecule has 1 aliphatic heterocycles. The molecule has 0 spiro atoms. The van der Waals surface area contributed by atoms with Crippen molar-refractivity contribution in [3.8, 4) is 0 Å². The summed E-state index contributed by atoms with van der Waals surface area (Å²) in [6, 6.07) is 13.6. The molecule has 0 unspecified atom stereocenters. The maximum Gasteiger partial charge on any atom is 0.257 e. The van der Waals surface area contributed by atoms with Crippen LogP contribution >= 0.6 is 0 Å². The van der Waals surface area contributed by atoms with Crippen LogP contribution in [0.1, 0.15) is 39.7 Å². The Morgan fingerprint density at radius 1 is 1.19 bits per heavy atom. The van der Waals surface area contributed by atoms with Crippen molar-refractivity contribution >= 4 is 17.5 Å². The molecule has 1 aromatic heterocycles. The lowest BCUT2D eigenvalue weighted by atomic mass is 10.0. The van der Waals surface area contributed by atoms with Crippen molar-refractivity contribution < 1.29 is 14.0 Å². The number of benzene rings is 2. The number of piperazine rings is 1. The Morgan fingerprint density at radius 2 is 1.94 bits per heavy atom. The lowest BCUT2D eigenvalue weighted by Gasteiger charge is -2.39. The quantitative estimate of drug-likeness (QED) is 0.634. The smallest absolute Gasteiger partial charge is 0.257 e. The van der Waals surface area contributed by atoms with Gasteiger partial charge in [0, 0.05) is 18.7 Å². The van der Waals surface area contributed by atoms with Crippen molar-refractivity contribution in [2.45, 2.75) is 33.2 Å². The van der Waals surface area contributed by atoms with Crippen LogP contribution in [0.15, 0.2) is 48.5 Å². The van der Waals surface area contributed by atoms with E-state index < -0.39 is 11.7 Å². The average Bonchev–Trinajstić information content (AvgIpc) is 2.78. The highest BCUT2D eigenvalue weighted by molar-refractivity contribution is 6.02. The van der Waals surface area contributed by atoms with E-state index in [-0.39, 0.29) is 24.1 Å². The second-order valence-electron chi connectivity index (χ2n) is 8.13. The number of aryl methyl sites for hydroxylation is 1. The van der Waals surface area contributed by atoms with Gasteiger partial charge in [0.05, 0.1) is 17.3 Å². The number of anilines is 1. The van der Waals surface area contributed by atoms with Gasteiger partial charge in [0.25, 0.3) is 5.91 Å².